The fourth-order valence-electron chi connectivity index (χ4n) is 1.80. The minimum absolute atomic E-state index is 0.155. The number of esters is 1. The number of nitrogens with two attached hydrogens (primary N) is 1. The molecule has 1 rings (SSSR count). The van der Waals surface area contributed by atoms with E-state index in [4.69, 9.17) is 5.73 Å². The summed E-state index contributed by atoms with van der Waals surface area (Å²) in [5.74, 6) is 0.197. The first kappa shape index (κ1) is 12.7. The number of methoxy groups -OCH3 is 1. The van der Waals surface area contributed by atoms with Crippen LogP contribution in [-0.2, 0) is 9.53 Å². The molecule has 0 radical (unpaired) electrons. The van der Waals surface area contributed by atoms with Crippen molar-refractivity contribution in [2.45, 2.75) is 25.2 Å². The van der Waals surface area contributed by atoms with Crippen molar-refractivity contribution >= 4 is 5.97 Å². The van der Waals surface area contributed by atoms with Gasteiger partial charge in [0.25, 0.3) is 0 Å². The van der Waals surface area contributed by atoms with Gasteiger partial charge in [0.2, 0.25) is 0 Å². The summed E-state index contributed by atoms with van der Waals surface area (Å²) in [7, 11) is 1.42. The summed E-state index contributed by atoms with van der Waals surface area (Å²) < 4.78 is 4.64. The summed E-state index contributed by atoms with van der Waals surface area (Å²) in [6.45, 7) is 0.640. The highest BCUT2D eigenvalue weighted by molar-refractivity contribution is 5.69. The Kier molecular flexibility index (Phi) is 5.57. The van der Waals surface area contributed by atoms with Crippen molar-refractivity contribution < 1.29 is 9.53 Å². The molecule has 3 nitrogen and oxygen atoms in total. The third-order valence-electron chi connectivity index (χ3n) is 2.71. The van der Waals surface area contributed by atoms with Gasteiger partial charge in [-0.2, -0.15) is 0 Å². The highest BCUT2D eigenvalue weighted by Crippen LogP contribution is 2.24. The highest BCUT2D eigenvalue weighted by Gasteiger charge is 2.12. The van der Waals surface area contributed by atoms with E-state index in [1.54, 1.807) is 0 Å². The second-order valence-electron chi connectivity index (χ2n) is 3.80. The molecule has 88 valence electrons. The van der Waals surface area contributed by atoms with Crippen molar-refractivity contribution in [2.24, 2.45) is 5.73 Å². The third-order valence-corrected chi connectivity index (χ3v) is 2.71. The van der Waals surface area contributed by atoms with Crippen molar-refractivity contribution in [1.29, 1.82) is 0 Å². The number of ether oxygens (including phenoxy) is 1. The van der Waals surface area contributed by atoms with Crippen LogP contribution in [0.5, 0.6) is 0 Å². The Hall–Kier alpha value is -1.35. The SMILES string of the molecule is COC(=O)CCC(CCN)c1ccccc1. The molecule has 0 aliphatic rings. The molecule has 1 atom stereocenters. The molecule has 1 aromatic carbocycles. The maximum atomic E-state index is 11.1. The van der Waals surface area contributed by atoms with Gasteiger partial charge in [-0.25, -0.2) is 0 Å². The molecule has 0 amide bonds. The van der Waals surface area contributed by atoms with Crippen LogP contribution in [0.1, 0.15) is 30.7 Å². The maximum Gasteiger partial charge on any atom is 0.305 e. The predicted octanol–water partition coefficient (Wildman–Crippen LogP) is 2.07. The molecule has 0 heterocycles. The Morgan fingerprint density at radius 2 is 2.00 bits per heavy atom. The summed E-state index contributed by atoms with van der Waals surface area (Å²) in [6, 6.07) is 10.2. The molecule has 3 heteroatoms. The molecular formula is C13H19NO2. The lowest BCUT2D eigenvalue weighted by molar-refractivity contribution is -0.140. The van der Waals surface area contributed by atoms with Gasteiger partial charge in [0.05, 0.1) is 7.11 Å². The first-order chi connectivity index (χ1) is 7.77. The van der Waals surface area contributed by atoms with Crippen molar-refractivity contribution in [2.75, 3.05) is 13.7 Å². The van der Waals surface area contributed by atoms with Gasteiger partial charge < -0.3 is 10.5 Å². The molecular weight excluding hydrogens is 202 g/mol. The van der Waals surface area contributed by atoms with Gasteiger partial charge in [0.1, 0.15) is 0 Å². The molecule has 0 spiro atoms. The van der Waals surface area contributed by atoms with Crippen LogP contribution in [0.2, 0.25) is 0 Å². The van der Waals surface area contributed by atoms with Gasteiger partial charge in [-0.1, -0.05) is 30.3 Å². The zero-order valence-corrected chi connectivity index (χ0v) is 9.69. The van der Waals surface area contributed by atoms with Crippen LogP contribution in [0, 0.1) is 0 Å². The molecule has 0 saturated heterocycles. The molecule has 1 aromatic rings. The second kappa shape index (κ2) is 7.01. The van der Waals surface area contributed by atoms with Crippen LogP contribution in [0.3, 0.4) is 0 Å². The van der Waals surface area contributed by atoms with Crippen LogP contribution in [0.25, 0.3) is 0 Å². The van der Waals surface area contributed by atoms with Crippen molar-refractivity contribution in [3.8, 4) is 0 Å². The van der Waals surface area contributed by atoms with Gasteiger partial charge in [-0.3, -0.25) is 4.79 Å². The van der Waals surface area contributed by atoms with Crippen LogP contribution in [0.15, 0.2) is 30.3 Å². The predicted molar refractivity (Wildman–Crippen MR) is 64.1 cm³/mol. The van der Waals surface area contributed by atoms with Gasteiger partial charge >= 0.3 is 5.97 Å². The second-order valence-corrected chi connectivity index (χ2v) is 3.80. The quantitative estimate of drug-likeness (QED) is 0.748. The molecule has 0 aromatic heterocycles. The lowest BCUT2D eigenvalue weighted by Crippen LogP contribution is -2.10. The van der Waals surface area contributed by atoms with E-state index in [2.05, 4.69) is 16.9 Å². The zero-order chi connectivity index (χ0) is 11.8. The number of hydrogen-bond donors (Lipinski definition) is 1. The molecule has 0 aliphatic carbocycles. The molecule has 0 aliphatic heterocycles. The van der Waals surface area contributed by atoms with Crippen LogP contribution >= 0.6 is 0 Å². The topological polar surface area (TPSA) is 52.3 Å². The van der Waals surface area contributed by atoms with Crippen molar-refractivity contribution in [1.82, 2.24) is 0 Å². The molecule has 0 saturated carbocycles. The molecule has 0 bridgehead atoms. The Balaban J connectivity index is 2.57. The number of carbonyl (C=O) groups excluding carboxylic acids is 1. The Labute approximate surface area is 96.6 Å². The zero-order valence-electron chi connectivity index (χ0n) is 9.69. The lowest BCUT2D eigenvalue weighted by atomic mass is 9.91. The van der Waals surface area contributed by atoms with E-state index in [9.17, 15) is 4.79 Å². The summed E-state index contributed by atoms with van der Waals surface area (Å²) >= 11 is 0. The van der Waals surface area contributed by atoms with Crippen molar-refractivity contribution in [3.05, 3.63) is 35.9 Å². The van der Waals surface area contributed by atoms with E-state index in [1.807, 2.05) is 18.2 Å². The lowest BCUT2D eigenvalue weighted by Gasteiger charge is -2.15. The average Bonchev–Trinajstić information content (AvgIpc) is 2.35. The van der Waals surface area contributed by atoms with Crippen LogP contribution in [0.4, 0.5) is 0 Å². The Morgan fingerprint density at radius 3 is 2.56 bits per heavy atom. The molecule has 1 unspecified atom stereocenters. The summed E-state index contributed by atoms with van der Waals surface area (Å²) in [5, 5.41) is 0. The molecule has 16 heavy (non-hydrogen) atoms. The van der Waals surface area contributed by atoms with E-state index >= 15 is 0 Å². The largest absolute Gasteiger partial charge is 0.469 e. The Morgan fingerprint density at radius 1 is 1.31 bits per heavy atom. The molecule has 0 fully saturated rings. The number of carbonyl (C=O) groups is 1. The minimum atomic E-state index is -0.155. The standard InChI is InChI=1S/C13H19NO2/c1-16-13(15)8-7-12(9-10-14)11-5-3-2-4-6-11/h2-6,12H,7-10,14H2,1H3. The van der Waals surface area contributed by atoms with Gasteiger partial charge in [0, 0.05) is 6.42 Å². The van der Waals surface area contributed by atoms with E-state index in [-0.39, 0.29) is 5.97 Å². The fraction of sp³-hybridized carbons (Fsp3) is 0.462. The van der Waals surface area contributed by atoms with E-state index in [0.29, 0.717) is 18.9 Å². The first-order valence-electron chi connectivity index (χ1n) is 5.59. The Bertz CT molecular complexity index is 311. The summed E-state index contributed by atoms with van der Waals surface area (Å²) in [4.78, 5) is 11.1. The highest BCUT2D eigenvalue weighted by atomic mass is 16.5. The van der Waals surface area contributed by atoms with E-state index in [0.717, 1.165) is 12.8 Å². The van der Waals surface area contributed by atoms with Gasteiger partial charge in [0.15, 0.2) is 0 Å². The van der Waals surface area contributed by atoms with E-state index < -0.39 is 0 Å². The number of rotatable bonds is 6. The van der Waals surface area contributed by atoms with Crippen LogP contribution in [-0.4, -0.2) is 19.6 Å². The fourth-order valence-corrected chi connectivity index (χ4v) is 1.80. The summed E-state index contributed by atoms with van der Waals surface area (Å²) in [5.41, 5.74) is 6.84. The van der Waals surface area contributed by atoms with E-state index in [1.165, 1.54) is 12.7 Å². The summed E-state index contributed by atoms with van der Waals surface area (Å²) in [6.07, 6.45) is 2.16. The number of benzene rings is 1. The minimum Gasteiger partial charge on any atom is -0.469 e. The van der Waals surface area contributed by atoms with Crippen molar-refractivity contribution in [3.63, 3.8) is 0 Å². The average molecular weight is 221 g/mol. The normalized spacial score (nSPS) is 12.1. The monoisotopic (exact) mass is 221 g/mol. The first-order valence-corrected chi connectivity index (χ1v) is 5.59. The smallest absolute Gasteiger partial charge is 0.305 e. The number of hydrogen-bond acceptors (Lipinski definition) is 3. The third kappa shape index (κ3) is 4.03. The van der Waals surface area contributed by atoms with Gasteiger partial charge in [-0.05, 0) is 30.9 Å². The maximum absolute atomic E-state index is 11.1. The van der Waals surface area contributed by atoms with Gasteiger partial charge in [-0.15, -0.1) is 0 Å². The van der Waals surface area contributed by atoms with Crippen LogP contribution < -0.4 is 5.73 Å². The molecule has 2 N–H and O–H groups in total.